The highest BCUT2D eigenvalue weighted by Gasteiger charge is 2.00. The lowest BCUT2D eigenvalue weighted by atomic mass is 10.2. The molecular formula is C16H16N4O2. The fourth-order valence-electron chi connectivity index (χ4n) is 2.00. The molecule has 0 bridgehead atoms. The van der Waals surface area contributed by atoms with Crippen LogP contribution in [0.25, 0.3) is 5.69 Å². The van der Waals surface area contributed by atoms with Crippen LogP contribution in [0.3, 0.4) is 0 Å². The zero-order valence-corrected chi connectivity index (χ0v) is 12.2. The van der Waals surface area contributed by atoms with Crippen LogP contribution in [0.4, 0.5) is 0 Å². The molecule has 1 aromatic heterocycles. The van der Waals surface area contributed by atoms with Gasteiger partial charge in [0.05, 0.1) is 5.69 Å². The van der Waals surface area contributed by atoms with Crippen molar-refractivity contribution in [2.75, 3.05) is 13.2 Å². The molecule has 1 heterocycles. The normalized spacial score (nSPS) is 10.4. The number of hydrogen-bond donors (Lipinski definition) is 0. The van der Waals surface area contributed by atoms with Crippen molar-refractivity contribution < 1.29 is 9.47 Å². The van der Waals surface area contributed by atoms with Crippen molar-refractivity contribution in [3.05, 3.63) is 60.4 Å². The van der Waals surface area contributed by atoms with Crippen LogP contribution in [0.1, 0.15) is 5.56 Å². The first-order valence-electron chi connectivity index (χ1n) is 6.97. The SMILES string of the molecule is Cc1ccccc1OCCOc1ccc(-n2cnnn2)cc1. The Morgan fingerprint density at radius 1 is 0.955 bits per heavy atom. The summed E-state index contributed by atoms with van der Waals surface area (Å²) in [7, 11) is 0. The number of aryl methyl sites for hydroxylation is 1. The largest absolute Gasteiger partial charge is 0.490 e. The molecule has 0 aliphatic carbocycles. The molecular weight excluding hydrogens is 280 g/mol. The Morgan fingerprint density at radius 3 is 2.45 bits per heavy atom. The van der Waals surface area contributed by atoms with E-state index in [1.54, 1.807) is 11.0 Å². The molecule has 0 atom stereocenters. The van der Waals surface area contributed by atoms with E-state index in [9.17, 15) is 0 Å². The van der Waals surface area contributed by atoms with E-state index in [-0.39, 0.29) is 0 Å². The second kappa shape index (κ2) is 6.71. The third-order valence-electron chi connectivity index (χ3n) is 3.15. The van der Waals surface area contributed by atoms with Crippen molar-refractivity contribution in [1.29, 1.82) is 0 Å². The number of rotatable bonds is 6. The van der Waals surface area contributed by atoms with E-state index >= 15 is 0 Å². The van der Waals surface area contributed by atoms with Gasteiger partial charge in [-0.1, -0.05) is 18.2 Å². The second-order valence-electron chi connectivity index (χ2n) is 4.71. The van der Waals surface area contributed by atoms with Crippen molar-refractivity contribution >= 4 is 0 Å². The minimum absolute atomic E-state index is 0.485. The maximum Gasteiger partial charge on any atom is 0.143 e. The van der Waals surface area contributed by atoms with E-state index in [4.69, 9.17) is 9.47 Å². The average Bonchev–Trinajstić information content (AvgIpc) is 3.08. The smallest absolute Gasteiger partial charge is 0.143 e. The number of hydrogen-bond acceptors (Lipinski definition) is 5. The van der Waals surface area contributed by atoms with E-state index < -0.39 is 0 Å². The average molecular weight is 296 g/mol. The van der Waals surface area contributed by atoms with Crippen molar-refractivity contribution in [1.82, 2.24) is 20.2 Å². The molecule has 0 N–H and O–H groups in total. The van der Waals surface area contributed by atoms with Crippen LogP contribution in [0.2, 0.25) is 0 Å². The number of nitrogens with zero attached hydrogens (tertiary/aromatic N) is 4. The topological polar surface area (TPSA) is 62.1 Å². The summed E-state index contributed by atoms with van der Waals surface area (Å²) in [6, 6.07) is 15.5. The highest BCUT2D eigenvalue weighted by molar-refractivity contribution is 5.36. The van der Waals surface area contributed by atoms with Crippen LogP contribution in [-0.2, 0) is 0 Å². The number of para-hydroxylation sites is 1. The molecule has 0 unspecified atom stereocenters. The van der Waals surface area contributed by atoms with Gasteiger partial charge in [0.2, 0.25) is 0 Å². The lowest BCUT2D eigenvalue weighted by Crippen LogP contribution is -2.09. The molecule has 0 spiro atoms. The van der Waals surface area contributed by atoms with Gasteiger partial charge < -0.3 is 9.47 Å². The second-order valence-corrected chi connectivity index (χ2v) is 4.71. The summed E-state index contributed by atoms with van der Waals surface area (Å²) in [5.41, 5.74) is 2.00. The van der Waals surface area contributed by atoms with Gasteiger partial charge in [-0.15, -0.1) is 5.10 Å². The van der Waals surface area contributed by atoms with Gasteiger partial charge in [0, 0.05) is 0 Å². The fourth-order valence-corrected chi connectivity index (χ4v) is 2.00. The monoisotopic (exact) mass is 296 g/mol. The first-order valence-corrected chi connectivity index (χ1v) is 6.97. The lowest BCUT2D eigenvalue weighted by molar-refractivity contribution is 0.216. The van der Waals surface area contributed by atoms with Crippen LogP contribution in [0.5, 0.6) is 11.5 Å². The molecule has 22 heavy (non-hydrogen) atoms. The van der Waals surface area contributed by atoms with Crippen molar-refractivity contribution in [2.24, 2.45) is 0 Å². The molecule has 0 aliphatic heterocycles. The quantitative estimate of drug-likeness (QED) is 0.654. The number of ether oxygens (including phenoxy) is 2. The Labute approximate surface area is 128 Å². The molecule has 0 amide bonds. The summed E-state index contributed by atoms with van der Waals surface area (Å²) < 4.78 is 12.9. The Bertz CT molecular complexity index is 711. The summed E-state index contributed by atoms with van der Waals surface area (Å²) in [5.74, 6) is 1.67. The maximum absolute atomic E-state index is 5.69. The van der Waals surface area contributed by atoms with Crippen molar-refractivity contribution in [3.8, 4) is 17.2 Å². The Morgan fingerprint density at radius 2 is 1.73 bits per heavy atom. The molecule has 3 rings (SSSR count). The molecule has 6 heteroatoms. The Kier molecular flexibility index (Phi) is 4.29. The highest BCUT2D eigenvalue weighted by Crippen LogP contribution is 2.17. The standard InChI is InChI=1S/C16H16N4O2/c1-13-4-2-3-5-16(13)22-11-10-21-15-8-6-14(7-9-15)20-12-17-18-19-20/h2-9,12H,10-11H2,1H3. The first kappa shape index (κ1) is 14.1. The lowest BCUT2D eigenvalue weighted by Gasteiger charge is -2.10. The molecule has 112 valence electrons. The van der Waals surface area contributed by atoms with Crippen LogP contribution in [-0.4, -0.2) is 33.4 Å². The summed E-state index contributed by atoms with van der Waals surface area (Å²) in [4.78, 5) is 0. The highest BCUT2D eigenvalue weighted by atomic mass is 16.5. The predicted octanol–water partition coefficient (Wildman–Crippen LogP) is 2.43. The van der Waals surface area contributed by atoms with Crippen LogP contribution in [0, 0.1) is 6.92 Å². The summed E-state index contributed by atoms with van der Waals surface area (Å²) >= 11 is 0. The molecule has 0 saturated heterocycles. The Balaban J connectivity index is 1.49. The van der Waals surface area contributed by atoms with Gasteiger partial charge in [0.1, 0.15) is 31.0 Å². The fraction of sp³-hybridized carbons (Fsp3) is 0.188. The molecule has 3 aromatic rings. The van der Waals surface area contributed by atoms with Gasteiger partial charge in [-0.2, -0.15) is 0 Å². The van der Waals surface area contributed by atoms with Gasteiger partial charge in [-0.05, 0) is 53.2 Å². The minimum atomic E-state index is 0.485. The van der Waals surface area contributed by atoms with Gasteiger partial charge >= 0.3 is 0 Å². The first-order chi connectivity index (χ1) is 10.8. The summed E-state index contributed by atoms with van der Waals surface area (Å²) in [6.45, 7) is 3.01. The van der Waals surface area contributed by atoms with Crippen LogP contribution >= 0.6 is 0 Å². The minimum Gasteiger partial charge on any atom is -0.490 e. The molecule has 0 radical (unpaired) electrons. The molecule has 2 aromatic carbocycles. The number of tetrazole rings is 1. The zero-order valence-electron chi connectivity index (χ0n) is 12.2. The zero-order chi connectivity index (χ0) is 15.2. The summed E-state index contributed by atoms with van der Waals surface area (Å²) in [5, 5.41) is 11.0. The van der Waals surface area contributed by atoms with E-state index in [0.717, 1.165) is 22.7 Å². The molecule has 0 fully saturated rings. The maximum atomic E-state index is 5.69. The number of aromatic nitrogens is 4. The molecule has 0 saturated carbocycles. The van der Waals surface area contributed by atoms with Crippen molar-refractivity contribution in [2.45, 2.75) is 6.92 Å². The Hall–Kier alpha value is -2.89. The van der Waals surface area contributed by atoms with Crippen LogP contribution < -0.4 is 9.47 Å². The van der Waals surface area contributed by atoms with Crippen LogP contribution in [0.15, 0.2) is 54.9 Å². The van der Waals surface area contributed by atoms with E-state index in [1.807, 2.05) is 55.5 Å². The van der Waals surface area contributed by atoms with Gasteiger partial charge in [-0.25, -0.2) is 4.68 Å². The predicted molar refractivity (Wildman–Crippen MR) is 81.3 cm³/mol. The third kappa shape index (κ3) is 3.41. The summed E-state index contributed by atoms with van der Waals surface area (Å²) in [6.07, 6.45) is 1.55. The number of benzene rings is 2. The van der Waals surface area contributed by atoms with E-state index in [0.29, 0.717) is 13.2 Å². The van der Waals surface area contributed by atoms with Gasteiger partial charge in [0.25, 0.3) is 0 Å². The van der Waals surface area contributed by atoms with Crippen molar-refractivity contribution in [3.63, 3.8) is 0 Å². The van der Waals surface area contributed by atoms with Gasteiger partial charge in [-0.3, -0.25) is 0 Å². The molecule has 0 aliphatic rings. The molecule has 6 nitrogen and oxygen atoms in total. The van der Waals surface area contributed by atoms with E-state index in [2.05, 4.69) is 15.5 Å². The van der Waals surface area contributed by atoms with Gasteiger partial charge in [0.15, 0.2) is 0 Å². The van der Waals surface area contributed by atoms with E-state index in [1.165, 1.54) is 0 Å². The third-order valence-corrected chi connectivity index (χ3v) is 3.15.